The first-order valence-electron chi connectivity index (χ1n) is 9.26. The van der Waals surface area contributed by atoms with Gasteiger partial charge in [0.05, 0.1) is 5.69 Å². The molecule has 1 aromatic heterocycles. The molecule has 0 bridgehead atoms. The molecule has 4 rings (SSSR count). The molecule has 1 heterocycles. The fourth-order valence-electron chi connectivity index (χ4n) is 3.00. The van der Waals surface area contributed by atoms with E-state index < -0.39 is 17.4 Å². The van der Waals surface area contributed by atoms with E-state index in [0.29, 0.717) is 22.6 Å². The highest BCUT2D eigenvalue weighted by Crippen LogP contribution is 2.21. The Morgan fingerprint density at radius 2 is 1.50 bits per heavy atom. The Morgan fingerprint density at radius 1 is 0.833 bits per heavy atom. The Kier molecular flexibility index (Phi) is 5.39. The number of hydrogen-bond donors (Lipinski definition) is 0. The molecule has 30 heavy (non-hydrogen) atoms. The molecular formula is C24H17NO5. The number of carbonyl (C=O) groups is 2. The van der Waals surface area contributed by atoms with E-state index in [0.717, 1.165) is 10.3 Å². The Hall–Kier alpha value is -4.19. The molecule has 0 aliphatic rings. The van der Waals surface area contributed by atoms with Gasteiger partial charge in [0.2, 0.25) is 0 Å². The second kappa shape index (κ2) is 8.45. The van der Waals surface area contributed by atoms with Gasteiger partial charge in [-0.15, -0.1) is 0 Å². The van der Waals surface area contributed by atoms with Crippen molar-refractivity contribution in [1.82, 2.24) is 0 Å². The second-order valence-electron chi connectivity index (χ2n) is 6.48. The van der Waals surface area contributed by atoms with Crippen LogP contribution in [0.25, 0.3) is 11.0 Å². The molecule has 0 aliphatic heterocycles. The van der Waals surface area contributed by atoms with Gasteiger partial charge in [0.15, 0.2) is 6.61 Å². The van der Waals surface area contributed by atoms with Gasteiger partial charge in [-0.25, -0.2) is 9.69 Å². The zero-order valence-corrected chi connectivity index (χ0v) is 15.9. The summed E-state index contributed by atoms with van der Waals surface area (Å²) in [5.74, 6) is -0.616. The van der Waals surface area contributed by atoms with Crippen LogP contribution < -0.4 is 15.3 Å². The number of rotatable bonds is 5. The van der Waals surface area contributed by atoms with Gasteiger partial charge in [-0.1, -0.05) is 36.4 Å². The van der Waals surface area contributed by atoms with E-state index in [-0.39, 0.29) is 6.61 Å². The van der Waals surface area contributed by atoms with E-state index in [1.165, 1.54) is 12.1 Å². The van der Waals surface area contributed by atoms with E-state index in [9.17, 15) is 14.4 Å². The van der Waals surface area contributed by atoms with Crippen molar-refractivity contribution in [3.8, 4) is 5.75 Å². The highest BCUT2D eigenvalue weighted by atomic mass is 16.5. The van der Waals surface area contributed by atoms with Gasteiger partial charge in [0, 0.05) is 23.1 Å². The fourth-order valence-corrected chi connectivity index (χ4v) is 3.00. The molecule has 0 fully saturated rings. The predicted molar refractivity (Wildman–Crippen MR) is 113 cm³/mol. The van der Waals surface area contributed by atoms with E-state index in [4.69, 9.17) is 9.15 Å². The van der Waals surface area contributed by atoms with Crippen LogP contribution in [0.15, 0.2) is 100 Å². The molecule has 0 aliphatic carbocycles. The van der Waals surface area contributed by atoms with Crippen LogP contribution >= 0.6 is 0 Å². The summed E-state index contributed by atoms with van der Waals surface area (Å²) >= 11 is 0. The number of para-hydroxylation sites is 1. The third kappa shape index (κ3) is 4.12. The van der Waals surface area contributed by atoms with Crippen molar-refractivity contribution in [1.29, 1.82) is 0 Å². The Morgan fingerprint density at radius 3 is 2.23 bits per heavy atom. The van der Waals surface area contributed by atoms with Crippen LogP contribution in [0.5, 0.6) is 5.75 Å². The number of nitrogens with zero attached hydrogens (tertiary/aromatic N) is 1. The van der Waals surface area contributed by atoms with Crippen LogP contribution in [0.3, 0.4) is 0 Å². The largest absolute Gasteiger partial charge is 0.484 e. The van der Waals surface area contributed by atoms with Gasteiger partial charge in [-0.3, -0.25) is 9.59 Å². The van der Waals surface area contributed by atoms with Crippen molar-refractivity contribution in [2.75, 3.05) is 11.5 Å². The topological polar surface area (TPSA) is 76.8 Å². The van der Waals surface area contributed by atoms with Crippen LogP contribution in [-0.2, 0) is 4.79 Å². The Bertz CT molecular complexity index is 1250. The number of anilines is 1. The van der Waals surface area contributed by atoms with Crippen LogP contribution in [0.4, 0.5) is 5.69 Å². The quantitative estimate of drug-likeness (QED) is 0.473. The lowest BCUT2D eigenvalue weighted by Gasteiger charge is -2.21. The third-order valence-corrected chi connectivity index (χ3v) is 4.44. The predicted octanol–water partition coefficient (Wildman–Crippen LogP) is 4.05. The standard InChI is InChI=1S/C24H17NO5/c26-22(16-29-20-13-11-17-12-14-23(27)30-21(17)15-20)25(19-9-5-2-6-10-19)24(28)18-7-3-1-4-8-18/h1-15H,16H2. The summed E-state index contributed by atoms with van der Waals surface area (Å²) in [7, 11) is 0. The summed E-state index contributed by atoms with van der Waals surface area (Å²) in [6, 6.07) is 25.2. The summed E-state index contributed by atoms with van der Waals surface area (Å²) in [5, 5.41) is 0.735. The molecule has 0 saturated heterocycles. The molecule has 4 aromatic rings. The number of amides is 2. The minimum absolute atomic E-state index is 0.352. The number of benzene rings is 3. The molecule has 0 saturated carbocycles. The van der Waals surface area contributed by atoms with Gasteiger partial charge in [-0.2, -0.15) is 0 Å². The first kappa shape index (κ1) is 19.1. The van der Waals surface area contributed by atoms with Crippen molar-refractivity contribution in [2.24, 2.45) is 0 Å². The van der Waals surface area contributed by atoms with E-state index >= 15 is 0 Å². The molecule has 0 radical (unpaired) electrons. The molecule has 148 valence electrons. The van der Waals surface area contributed by atoms with Crippen LogP contribution in [0.1, 0.15) is 10.4 Å². The van der Waals surface area contributed by atoms with E-state index in [1.54, 1.807) is 78.9 Å². The SMILES string of the molecule is O=C(COc1ccc2ccc(=O)oc2c1)N(C(=O)c1ccccc1)c1ccccc1. The van der Waals surface area contributed by atoms with Crippen LogP contribution in [-0.4, -0.2) is 18.4 Å². The average molecular weight is 399 g/mol. The second-order valence-corrected chi connectivity index (χ2v) is 6.48. The van der Waals surface area contributed by atoms with Crippen LogP contribution in [0.2, 0.25) is 0 Å². The normalized spacial score (nSPS) is 10.5. The number of imide groups is 1. The Labute approximate surface area is 171 Å². The maximum Gasteiger partial charge on any atom is 0.336 e. The van der Waals surface area contributed by atoms with E-state index in [2.05, 4.69) is 0 Å². The molecule has 2 amide bonds. The monoisotopic (exact) mass is 399 g/mol. The lowest BCUT2D eigenvalue weighted by molar-refractivity contribution is -0.119. The minimum Gasteiger partial charge on any atom is -0.484 e. The van der Waals surface area contributed by atoms with Gasteiger partial charge in [0.25, 0.3) is 11.8 Å². The lowest BCUT2D eigenvalue weighted by Crippen LogP contribution is -2.40. The van der Waals surface area contributed by atoms with Gasteiger partial charge < -0.3 is 9.15 Å². The highest BCUT2D eigenvalue weighted by Gasteiger charge is 2.25. The van der Waals surface area contributed by atoms with Crippen molar-refractivity contribution < 1.29 is 18.7 Å². The maximum atomic E-state index is 13.0. The van der Waals surface area contributed by atoms with Crippen molar-refractivity contribution in [3.63, 3.8) is 0 Å². The van der Waals surface area contributed by atoms with Gasteiger partial charge >= 0.3 is 5.63 Å². The lowest BCUT2D eigenvalue weighted by atomic mass is 10.1. The maximum absolute atomic E-state index is 13.0. The molecule has 6 nitrogen and oxygen atoms in total. The fraction of sp³-hybridized carbons (Fsp3) is 0.0417. The summed E-state index contributed by atoms with van der Waals surface area (Å²) in [6.45, 7) is -0.365. The molecule has 3 aromatic carbocycles. The molecular weight excluding hydrogens is 382 g/mol. The van der Waals surface area contributed by atoms with E-state index in [1.807, 2.05) is 0 Å². The summed E-state index contributed by atoms with van der Waals surface area (Å²) in [6.07, 6.45) is 0. The number of carbonyl (C=O) groups excluding carboxylic acids is 2. The number of ether oxygens (including phenoxy) is 1. The third-order valence-electron chi connectivity index (χ3n) is 4.44. The first-order valence-corrected chi connectivity index (χ1v) is 9.26. The summed E-state index contributed by atoms with van der Waals surface area (Å²) in [5.41, 5.74) is 0.721. The number of hydrogen-bond acceptors (Lipinski definition) is 5. The summed E-state index contributed by atoms with van der Waals surface area (Å²) in [4.78, 5) is 38.5. The smallest absolute Gasteiger partial charge is 0.336 e. The van der Waals surface area contributed by atoms with Crippen molar-refractivity contribution in [3.05, 3.63) is 107 Å². The molecule has 6 heteroatoms. The first-order chi connectivity index (χ1) is 14.6. The van der Waals surface area contributed by atoms with Crippen molar-refractivity contribution >= 4 is 28.5 Å². The zero-order chi connectivity index (χ0) is 20.9. The molecule has 0 N–H and O–H groups in total. The van der Waals surface area contributed by atoms with Crippen LogP contribution in [0, 0.1) is 0 Å². The number of fused-ring (bicyclic) bond motifs is 1. The minimum atomic E-state index is -0.523. The Balaban J connectivity index is 1.58. The summed E-state index contributed by atoms with van der Waals surface area (Å²) < 4.78 is 10.7. The van der Waals surface area contributed by atoms with Gasteiger partial charge in [0.1, 0.15) is 11.3 Å². The molecule has 0 spiro atoms. The molecule has 0 atom stereocenters. The van der Waals surface area contributed by atoms with Crippen molar-refractivity contribution in [2.45, 2.75) is 0 Å². The average Bonchev–Trinajstić information content (AvgIpc) is 2.79. The molecule has 0 unspecified atom stereocenters. The zero-order valence-electron chi connectivity index (χ0n) is 15.9. The highest BCUT2D eigenvalue weighted by molar-refractivity contribution is 6.21. The van der Waals surface area contributed by atoms with Gasteiger partial charge in [-0.05, 0) is 42.5 Å².